The normalized spacial score (nSPS) is 36.0. The quantitative estimate of drug-likeness (QED) is 0.536. The Morgan fingerprint density at radius 3 is 2.08 bits per heavy atom. The maximum atomic E-state index is 2.62. The van der Waals surface area contributed by atoms with Gasteiger partial charge in [-0.3, -0.25) is 4.90 Å². The predicted octanol–water partition coefficient (Wildman–Crippen LogP) is 2.80. The zero-order valence-corrected chi connectivity index (χ0v) is 8.47. The third-order valence-corrected chi connectivity index (χ3v) is 4.12. The van der Waals surface area contributed by atoms with Crippen molar-refractivity contribution >= 4 is 0 Å². The molecule has 0 amide bonds. The molecule has 0 aromatic heterocycles. The van der Waals surface area contributed by atoms with E-state index in [-0.39, 0.29) is 0 Å². The van der Waals surface area contributed by atoms with Gasteiger partial charge in [0.25, 0.3) is 0 Å². The monoisotopic (exact) mass is 167 g/mol. The summed E-state index contributed by atoms with van der Waals surface area (Å²) >= 11 is 0. The summed E-state index contributed by atoms with van der Waals surface area (Å²) in [6, 6.07) is 0.850. The molecule has 2 fully saturated rings. The van der Waals surface area contributed by atoms with Gasteiger partial charge in [0.15, 0.2) is 0 Å². The third-order valence-electron chi connectivity index (χ3n) is 4.12. The van der Waals surface area contributed by atoms with Gasteiger partial charge >= 0.3 is 0 Å². The second-order valence-corrected chi connectivity index (χ2v) is 4.80. The lowest BCUT2D eigenvalue weighted by atomic mass is 9.74. The van der Waals surface area contributed by atoms with E-state index in [0.29, 0.717) is 5.54 Å². The van der Waals surface area contributed by atoms with Gasteiger partial charge in [-0.25, -0.2) is 0 Å². The predicted molar refractivity (Wildman–Crippen MR) is 52.3 cm³/mol. The number of hydrogen-bond acceptors (Lipinski definition) is 1. The van der Waals surface area contributed by atoms with Crippen LogP contribution in [0.3, 0.4) is 0 Å². The van der Waals surface area contributed by atoms with E-state index in [9.17, 15) is 0 Å². The molecule has 1 nitrogen and oxygen atoms in total. The first-order chi connectivity index (χ1) is 5.75. The highest BCUT2D eigenvalue weighted by molar-refractivity contribution is 5.03. The van der Waals surface area contributed by atoms with Gasteiger partial charge < -0.3 is 0 Å². The largest absolute Gasteiger partial charge is 0.298 e. The maximum Gasteiger partial charge on any atom is 0.0224 e. The van der Waals surface area contributed by atoms with Gasteiger partial charge in [-0.2, -0.15) is 0 Å². The van der Waals surface area contributed by atoms with E-state index in [0.717, 1.165) is 6.04 Å². The molecule has 0 radical (unpaired) electrons. The van der Waals surface area contributed by atoms with Crippen molar-refractivity contribution in [3.63, 3.8) is 0 Å². The number of nitrogens with zero attached hydrogens (tertiary/aromatic N) is 1. The zero-order chi connectivity index (χ0) is 8.60. The first-order valence-corrected chi connectivity index (χ1v) is 5.48. The molecule has 1 heteroatoms. The average Bonchev–Trinajstić information content (AvgIpc) is 2.32. The Kier molecular flexibility index (Phi) is 2.16. The van der Waals surface area contributed by atoms with Crippen molar-refractivity contribution in [1.29, 1.82) is 0 Å². The van der Waals surface area contributed by atoms with E-state index >= 15 is 0 Å². The molecule has 1 atom stereocenters. The lowest BCUT2D eigenvalue weighted by Gasteiger charge is -2.56. The van der Waals surface area contributed by atoms with Crippen LogP contribution in [-0.4, -0.2) is 23.5 Å². The molecular weight excluding hydrogens is 146 g/mol. The van der Waals surface area contributed by atoms with Crippen LogP contribution in [0.25, 0.3) is 0 Å². The Labute approximate surface area is 76.1 Å². The van der Waals surface area contributed by atoms with Crippen molar-refractivity contribution in [1.82, 2.24) is 4.90 Å². The summed E-state index contributed by atoms with van der Waals surface area (Å²) in [7, 11) is 2.32. The minimum absolute atomic E-state index is 0.649. The highest BCUT2D eigenvalue weighted by Crippen LogP contribution is 2.44. The summed E-state index contributed by atoms with van der Waals surface area (Å²) in [5.74, 6) is 0. The van der Waals surface area contributed by atoms with Crippen molar-refractivity contribution in [3.05, 3.63) is 0 Å². The second-order valence-electron chi connectivity index (χ2n) is 4.80. The van der Waals surface area contributed by atoms with E-state index < -0.39 is 0 Å². The van der Waals surface area contributed by atoms with Crippen molar-refractivity contribution in [2.24, 2.45) is 0 Å². The molecule has 0 unspecified atom stereocenters. The van der Waals surface area contributed by atoms with Gasteiger partial charge in [0.1, 0.15) is 0 Å². The minimum atomic E-state index is 0.649. The van der Waals surface area contributed by atoms with E-state index in [2.05, 4.69) is 18.9 Å². The number of likely N-dealkylation sites (tertiary alicyclic amines) is 1. The summed E-state index contributed by atoms with van der Waals surface area (Å²) in [6.07, 6.45) is 10.3. The Hall–Kier alpha value is -0.0400. The van der Waals surface area contributed by atoms with Crippen molar-refractivity contribution in [3.8, 4) is 0 Å². The van der Waals surface area contributed by atoms with Gasteiger partial charge in [-0.15, -0.1) is 0 Å². The zero-order valence-electron chi connectivity index (χ0n) is 8.47. The highest BCUT2D eigenvalue weighted by atomic mass is 15.3. The summed E-state index contributed by atoms with van der Waals surface area (Å²) in [5, 5.41) is 0. The molecular formula is C11H21N. The molecule has 70 valence electrons. The molecule has 1 saturated carbocycles. The van der Waals surface area contributed by atoms with Gasteiger partial charge in [0.2, 0.25) is 0 Å². The molecule has 0 aromatic rings. The van der Waals surface area contributed by atoms with Crippen molar-refractivity contribution in [2.75, 3.05) is 7.05 Å². The fraction of sp³-hybridized carbons (Fsp3) is 1.00. The molecule has 0 bridgehead atoms. The van der Waals surface area contributed by atoms with Crippen LogP contribution in [0, 0.1) is 0 Å². The van der Waals surface area contributed by atoms with Crippen LogP contribution in [-0.2, 0) is 0 Å². The SMILES string of the molecule is C[C@@H]1CC2(CCCCCC2)N1C. The molecule has 0 N–H and O–H groups in total. The van der Waals surface area contributed by atoms with Crippen LogP contribution < -0.4 is 0 Å². The molecule has 2 rings (SSSR count). The second kappa shape index (κ2) is 3.02. The Morgan fingerprint density at radius 2 is 1.67 bits per heavy atom. The Balaban J connectivity index is 2.00. The molecule has 1 spiro atoms. The van der Waals surface area contributed by atoms with Crippen LogP contribution >= 0.6 is 0 Å². The van der Waals surface area contributed by atoms with Gasteiger partial charge in [-0.1, -0.05) is 25.7 Å². The van der Waals surface area contributed by atoms with E-state index in [1.165, 1.54) is 44.9 Å². The summed E-state index contributed by atoms with van der Waals surface area (Å²) in [4.78, 5) is 2.62. The van der Waals surface area contributed by atoms with Crippen molar-refractivity contribution < 1.29 is 0 Å². The minimum Gasteiger partial charge on any atom is -0.298 e. The Bertz CT molecular complexity index is 156. The fourth-order valence-electron chi connectivity index (χ4n) is 3.13. The molecule has 1 aliphatic carbocycles. The molecule has 1 saturated heterocycles. The molecule has 2 aliphatic rings. The lowest BCUT2D eigenvalue weighted by molar-refractivity contribution is -0.0534. The molecule has 1 aliphatic heterocycles. The first-order valence-electron chi connectivity index (χ1n) is 5.48. The third kappa shape index (κ3) is 1.19. The molecule has 1 heterocycles. The number of hydrogen-bond donors (Lipinski definition) is 0. The lowest BCUT2D eigenvalue weighted by Crippen LogP contribution is -2.62. The fourth-order valence-corrected chi connectivity index (χ4v) is 3.13. The summed E-state index contributed by atoms with van der Waals surface area (Å²) in [5.41, 5.74) is 0.649. The maximum absolute atomic E-state index is 2.62. The van der Waals surface area contributed by atoms with E-state index in [4.69, 9.17) is 0 Å². The van der Waals surface area contributed by atoms with Crippen molar-refractivity contribution in [2.45, 2.75) is 63.5 Å². The van der Waals surface area contributed by atoms with E-state index in [1.807, 2.05) is 0 Å². The molecule has 12 heavy (non-hydrogen) atoms. The van der Waals surface area contributed by atoms with Crippen LogP contribution in [0.15, 0.2) is 0 Å². The summed E-state index contributed by atoms with van der Waals surface area (Å²) in [6.45, 7) is 2.36. The average molecular weight is 167 g/mol. The molecule has 0 aromatic carbocycles. The van der Waals surface area contributed by atoms with Gasteiger partial charge in [0.05, 0.1) is 0 Å². The van der Waals surface area contributed by atoms with Crippen LogP contribution in [0.1, 0.15) is 51.9 Å². The topological polar surface area (TPSA) is 3.24 Å². The smallest absolute Gasteiger partial charge is 0.0224 e. The van der Waals surface area contributed by atoms with Gasteiger partial charge in [-0.05, 0) is 33.2 Å². The first kappa shape index (κ1) is 8.55. The highest BCUT2D eigenvalue weighted by Gasteiger charge is 2.46. The standard InChI is InChI=1S/C11H21N/c1-10-9-11(12(10)2)7-5-3-4-6-8-11/h10H,3-9H2,1-2H3/t10-/m1/s1. The Morgan fingerprint density at radius 1 is 1.08 bits per heavy atom. The van der Waals surface area contributed by atoms with Crippen LogP contribution in [0.4, 0.5) is 0 Å². The van der Waals surface area contributed by atoms with E-state index in [1.54, 1.807) is 0 Å². The number of rotatable bonds is 0. The summed E-state index contributed by atoms with van der Waals surface area (Å²) < 4.78 is 0. The van der Waals surface area contributed by atoms with Crippen LogP contribution in [0.5, 0.6) is 0 Å². The van der Waals surface area contributed by atoms with Crippen LogP contribution in [0.2, 0.25) is 0 Å². The van der Waals surface area contributed by atoms with Gasteiger partial charge in [0, 0.05) is 11.6 Å².